The highest BCUT2D eigenvalue weighted by Gasteiger charge is 2.25. The molecule has 1 amide bonds. The molecule has 8 heteroatoms. The minimum absolute atomic E-state index is 0.0261. The van der Waals surface area contributed by atoms with Gasteiger partial charge in [0, 0.05) is 26.0 Å². The molecule has 0 bridgehead atoms. The van der Waals surface area contributed by atoms with Gasteiger partial charge in [-0.15, -0.1) is 5.10 Å². The number of hydrogen-bond acceptors (Lipinski definition) is 6. The second-order valence-electron chi connectivity index (χ2n) is 4.95. The van der Waals surface area contributed by atoms with E-state index in [1.165, 1.54) is 11.8 Å². The van der Waals surface area contributed by atoms with Gasteiger partial charge in [0.15, 0.2) is 0 Å². The van der Waals surface area contributed by atoms with Crippen LogP contribution in [-0.4, -0.2) is 36.3 Å². The average molecular weight is 306 g/mol. The molecule has 2 rings (SSSR count). The van der Waals surface area contributed by atoms with Crippen molar-refractivity contribution in [1.29, 1.82) is 0 Å². The van der Waals surface area contributed by atoms with E-state index in [1.54, 1.807) is 24.1 Å². The monoisotopic (exact) mass is 306 g/mol. The first-order valence-electron chi connectivity index (χ1n) is 6.63. The Kier molecular flexibility index (Phi) is 5.26. The normalized spacial score (nSPS) is 12.4. The fourth-order valence-corrected chi connectivity index (χ4v) is 2.68. The Morgan fingerprint density at radius 1 is 1.48 bits per heavy atom. The molecule has 1 N–H and O–H groups in total. The predicted molar refractivity (Wildman–Crippen MR) is 79.4 cm³/mol. The number of carbonyl (C=O) groups excluding carboxylic acids is 1. The second kappa shape index (κ2) is 7.16. The highest BCUT2D eigenvalue weighted by Crippen LogP contribution is 2.25. The Morgan fingerprint density at radius 2 is 2.29 bits per heavy atom. The van der Waals surface area contributed by atoms with Crippen LogP contribution in [0.1, 0.15) is 19.4 Å². The largest absolute Gasteiger partial charge is 0.351 e. The summed E-state index contributed by atoms with van der Waals surface area (Å²) in [6.07, 6.45) is 3.45. The van der Waals surface area contributed by atoms with Gasteiger partial charge in [0.05, 0.1) is 5.25 Å². The maximum Gasteiger partial charge on any atom is 0.234 e. The van der Waals surface area contributed by atoms with Gasteiger partial charge in [-0.25, -0.2) is 4.68 Å². The van der Waals surface area contributed by atoms with Gasteiger partial charge in [0.25, 0.3) is 0 Å². The van der Waals surface area contributed by atoms with Gasteiger partial charge in [-0.1, -0.05) is 31.7 Å². The van der Waals surface area contributed by atoms with Crippen molar-refractivity contribution in [3.8, 4) is 0 Å². The van der Waals surface area contributed by atoms with E-state index >= 15 is 0 Å². The van der Waals surface area contributed by atoms with E-state index in [4.69, 9.17) is 0 Å². The molecule has 0 saturated carbocycles. The van der Waals surface area contributed by atoms with E-state index in [2.05, 4.69) is 25.8 Å². The quantitative estimate of drug-likeness (QED) is 0.803. The van der Waals surface area contributed by atoms with Gasteiger partial charge in [0.1, 0.15) is 0 Å². The number of rotatable bonds is 6. The lowest BCUT2D eigenvalue weighted by molar-refractivity contribution is -0.121. The number of pyridine rings is 1. The minimum atomic E-state index is -0.244. The Hall–Kier alpha value is -1.96. The van der Waals surface area contributed by atoms with Crippen LogP contribution in [0.3, 0.4) is 0 Å². The Labute approximate surface area is 127 Å². The molecule has 2 aromatic rings. The van der Waals surface area contributed by atoms with E-state index in [1.807, 2.05) is 26.0 Å². The summed E-state index contributed by atoms with van der Waals surface area (Å²) >= 11 is 1.37. The first-order chi connectivity index (χ1) is 10.1. The fraction of sp³-hybridized carbons (Fsp3) is 0.462. The van der Waals surface area contributed by atoms with Crippen LogP contribution in [0.2, 0.25) is 0 Å². The maximum absolute atomic E-state index is 12.4. The molecule has 7 nitrogen and oxygen atoms in total. The van der Waals surface area contributed by atoms with E-state index in [-0.39, 0.29) is 17.1 Å². The number of nitrogens with zero attached hydrogens (tertiary/aromatic N) is 5. The molecule has 0 radical (unpaired) electrons. The number of aryl methyl sites for hydroxylation is 1. The molecule has 0 aliphatic heterocycles. The number of thioether (sulfide) groups is 1. The van der Waals surface area contributed by atoms with Crippen LogP contribution in [0, 0.1) is 5.92 Å². The van der Waals surface area contributed by atoms with E-state index < -0.39 is 0 Å². The number of nitrogens with one attached hydrogen (secondary N) is 1. The molecule has 2 heterocycles. The summed E-state index contributed by atoms with van der Waals surface area (Å²) in [5.41, 5.74) is 0.971. The molecule has 1 atom stereocenters. The molecule has 2 aromatic heterocycles. The number of aromatic nitrogens is 5. The van der Waals surface area contributed by atoms with Gasteiger partial charge >= 0.3 is 0 Å². The molecule has 21 heavy (non-hydrogen) atoms. The third-order valence-corrected chi connectivity index (χ3v) is 4.44. The summed E-state index contributed by atoms with van der Waals surface area (Å²) in [5, 5.41) is 14.6. The Bertz CT molecular complexity index is 585. The predicted octanol–water partition coefficient (Wildman–Crippen LogP) is 1.04. The topological polar surface area (TPSA) is 85.6 Å². The third-order valence-electron chi connectivity index (χ3n) is 2.87. The van der Waals surface area contributed by atoms with Gasteiger partial charge in [-0.3, -0.25) is 9.78 Å². The standard InChI is InChI=1S/C13H18N6OS/c1-9(2)11(21-13-16-17-18-19(13)3)12(20)15-8-10-5-4-6-14-7-10/h4-7,9,11H,8H2,1-3H3,(H,15,20)/t11-/m0/s1. The number of carbonyl (C=O) groups is 1. The van der Waals surface area contributed by atoms with Crippen molar-refractivity contribution in [3.05, 3.63) is 30.1 Å². The molecular weight excluding hydrogens is 288 g/mol. The zero-order chi connectivity index (χ0) is 15.2. The van der Waals surface area contributed by atoms with E-state index in [9.17, 15) is 4.79 Å². The van der Waals surface area contributed by atoms with Crippen molar-refractivity contribution < 1.29 is 4.79 Å². The molecule has 0 aliphatic rings. The average Bonchev–Trinajstić information content (AvgIpc) is 2.88. The van der Waals surface area contributed by atoms with Gasteiger partial charge < -0.3 is 5.32 Å². The van der Waals surface area contributed by atoms with Crippen molar-refractivity contribution in [1.82, 2.24) is 30.5 Å². The van der Waals surface area contributed by atoms with E-state index in [0.717, 1.165) is 5.56 Å². The summed E-state index contributed by atoms with van der Waals surface area (Å²) in [5.74, 6) is 0.141. The Balaban J connectivity index is 1.98. The lowest BCUT2D eigenvalue weighted by Crippen LogP contribution is -2.35. The zero-order valence-electron chi connectivity index (χ0n) is 12.2. The molecule has 0 fully saturated rings. The van der Waals surface area contributed by atoms with Crippen LogP contribution in [0.4, 0.5) is 0 Å². The van der Waals surface area contributed by atoms with Crippen LogP contribution in [0.25, 0.3) is 0 Å². The summed E-state index contributed by atoms with van der Waals surface area (Å²) in [4.78, 5) is 16.4. The van der Waals surface area contributed by atoms with Crippen LogP contribution in [-0.2, 0) is 18.4 Å². The van der Waals surface area contributed by atoms with Crippen LogP contribution >= 0.6 is 11.8 Å². The number of amides is 1. The van der Waals surface area contributed by atoms with Crippen LogP contribution in [0.5, 0.6) is 0 Å². The van der Waals surface area contributed by atoms with Crippen molar-refractivity contribution >= 4 is 17.7 Å². The van der Waals surface area contributed by atoms with Gasteiger partial charge in [-0.2, -0.15) is 0 Å². The van der Waals surface area contributed by atoms with E-state index in [0.29, 0.717) is 11.7 Å². The van der Waals surface area contributed by atoms with Crippen LogP contribution < -0.4 is 5.32 Å². The smallest absolute Gasteiger partial charge is 0.234 e. The lowest BCUT2D eigenvalue weighted by Gasteiger charge is -2.18. The second-order valence-corrected chi connectivity index (χ2v) is 6.06. The highest BCUT2D eigenvalue weighted by molar-refractivity contribution is 8.00. The Morgan fingerprint density at radius 3 is 2.86 bits per heavy atom. The summed E-state index contributed by atoms with van der Waals surface area (Å²) in [6.45, 7) is 4.48. The molecule has 0 aliphatic carbocycles. The third kappa shape index (κ3) is 4.25. The van der Waals surface area contributed by atoms with Crippen LogP contribution in [0.15, 0.2) is 29.7 Å². The van der Waals surface area contributed by atoms with Crippen molar-refractivity contribution in [3.63, 3.8) is 0 Å². The van der Waals surface area contributed by atoms with Gasteiger partial charge in [-0.05, 0) is 28.0 Å². The van der Waals surface area contributed by atoms with Crippen molar-refractivity contribution in [2.75, 3.05) is 0 Å². The molecule has 112 valence electrons. The maximum atomic E-state index is 12.4. The first-order valence-corrected chi connectivity index (χ1v) is 7.51. The molecular formula is C13H18N6OS. The summed E-state index contributed by atoms with van der Waals surface area (Å²) in [6, 6.07) is 3.78. The molecule has 0 unspecified atom stereocenters. The SMILES string of the molecule is CC(C)[C@H](Sc1nnnn1C)C(=O)NCc1cccnc1. The molecule has 0 saturated heterocycles. The fourth-order valence-electron chi connectivity index (χ4n) is 1.72. The summed E-state index contributed by atoms with van der Waals surface area (Å²) < 4.78 is 1.56. The molecule has 0 aromatic carbocycles. The zero-order valence-corrected chi connectivity index (χ0v) is 13.0. The highest BCUT2D eigenvalue weighted by atomic mass is 32.2. The first kappa shape index (κ1) is 15.4. The number of tetrazole rings is 1. The lowest BCUT2D eigenvalue weighted by atomic mass is 10.1. The van der Waals surface area contributed by atoms with Crippen molar-refractivity contribution in [2.45, 2.75) is 30.8 Å². The van der Waals surface area contributed by atoms with Gasteiger partial charge in [0.2, 0.25) is 11.1 Å². The minimum Gasteiger partial charge on any atom is -0.351 e. The van der Waals surface area contributed by atoms with Crippen molar-refractivity contribution in [2.24, 2.45) is 13.0 Å². The molecule has 0 spiro atoms. The summed E-state index contributed by atoms with van der Waals surface area (Å²) in [7, 11) is 1.76. The number of hydrogen-bond donors (Lipinski definition) is 1.